The van der Waals surface area contributed by atoms with Crippen molar-refractivity contribution in [2.24, 2.45) is 10.8 Å². The third kappa shape index (κ3) is 5.22. The Morgan fingerprint density at radius 1 is 1.30 bits per heavy atom. The molecule has 2 aromatic rings. The van der Waals surface area contributed by atoms with Crippen LogP contribution in [-0.4, -0.2) is 16.5 Å². The number of hydrazone groups is 1. The summed E-state index contributed by atoms with van der Waals surface area (Å²) in [5.41, 5.74) is 6.64. The number of amidine groups is 1. The molecule has 0 atom stereocenters. The normalized spacial score (nSPS) is 11.6. The van der Waals surface area contributed by atoms with Crippen LogP contribution in [0.2, 0.25) is 10.0 Å². The number of halogens is 5. The average Bonchev–Trinajstić information content (AvgIpc) is 2.58. The van der Waals surface area contributed by atoms with Crippen LogP contribution in [0.15, 0.2) is 35.6 Å². The van der Waals surface area contributed by atoms with Gasteiger partial charge in [-0.3, -0.25) is 10.8 Å². The molecule has 1 aromatic carbocycles. The molecule has 12 heteroatoms. The molecule has 0 amide bonds. The molecular weight excluding hydrogens is 408 g/mol. The predicted octanol–water partition coefficient (Wildman–Crippen LogP) is 4.43. The fourth-order valence-corrected chi connectivity index (χ4v) is 2.10. The molecule has 0 saturated heterocycles. The number of nitrogens with zero attached hydrogens (tertiary/aromatic N) is 3. The van der Waals surface area contributed by atoms with Crippen LogP contribution in [-0.2, 0) is 6.18 Å². The topological polar surface area (TPSA) is 120 Å². The van der Waals surface area contributed by atoms with Gasteiger partial charge in [0.1, 0.15) is 16.8 Å². The second-order valence-corrected chi connectivity index (χ2v) is 5.67. The minimum absolute atomic E-state index is 0.0642. The smallest absolute Gasteiger partial charge is 0.417 e. The molecule has 2 rings (SSSR count). The minimum Gasteiger partial charge on any atom is -0.436 e. The molecule has 0 unspecified atom stereocenters. The summed E-state index contributed by atoms with van der Waals surface area (Å²) >= 11 is 11.8. The van der Waals surface area contributed by atoms with Gasteiger partial charge in [0.2, 0.25) is 11.6 Å². The first-order chi connectivity index (χ1) is 12.6. The Kier molecular flexibility index (Phi) is 6.09. The monoisotopic (exact) mass is 416 g/mol. The van der Waals surface area contributed by atoms with Gasteiger partial charge in [-0.25, -0.2) is 4.98 Å². The quantitative estimate of drug-likeness (QED) is 0.378. The maximum absolute atomic E-state index is 12.6. The lowest BCUT2D eigenvalue weighted by Gasteiger charge is -2.11. The Labute approximate surface area is 160 Å². The number of hydrogen-bond acceptors (Lipinski definition) is 6. The van der Waals surface area contributed by atoms with E-state index in [4.69, 9.17) is 44.3 Å². The van der Waals surface area contributed by atoms with Gasteiger partial charge in [-0.2, -0.15) is 23.5 Å². The summed E-state index contributed by atoms with van der Waals surface area (Å²) in [7, 11) is 0. The van der Waals surface area contributed by atoms with Gasteiger partial charge < -0.3 is 10.5 Å². The SMILES string of the molecule is N#C/C(=N\Nc1ccc(Oc2ncc(C(F)(F)F)cc2Cl)c(Cl)c1)C(=N)N. The molecule has 27 heavy (non-hydrogen) atoms. The van der Waals surface area contributed by atoms with Gasteiger partial charge in [0.15, 0.2) is 5.84 Å². The summed E-state index contributed by atoms with van der Waals surface area (Å²) in [6.07, 6.45) is -3.99. The fourth-order valence-electron chi connectivity index (χ4n) is 1.68. The Balaban J connectivity index is 2.20. The number of ether oxygens (including phenoxy) is 1. The zero-order chi connectivity index (χ0) is 20.2. The van der Waals surface area contributed by atoms with Crippen LogP contribution in [0.4, 0.5) is 18.9 Å². The molecule has 1 heterocycles. The summed E-state index contributed by atoms with van der Waals surface area (Å²) in [6.45, 7) is 0. The molecule has 0 fully saturated rings. The van der Waals surface area contributed by atoms with E-state index in [9.17, 15) is 13.2 Å². The molecule has 0 bridgehead atoms. The van der Waals surface area contributed by atoms with E-state index in [0.717, 1.165) is 0 Å². The van der Waals surface area contributed by atoms with Crippen molar-refractivity contribution in [3.05, 3.63) is 46.1 Å². The Morgan fingerprint density at radius 3 is 2.52 bits per heavy atom. The van der Waals surface area contributed by atoms with E-state index in [-0.39, 0.29) is 27.4 Å². The minimum atomic E-state index is -4.58. The molecule has 0 aliphatic carbocycles. The van der Waals surface area contributed by atoms with Crippen molar-refractivity contribution in [2.75, 3.05) is 5.43 Å². The van der Waals surface area contributed by atoms with Gasteiger partial charge in [-0.15, -0.1) is 0 Å². The summed E-state index contributed by atoms with van der Waals surface area (Å²) in [6, 6.07) is 6.53. The average molecular weight is 417 g/mol. The molecule has 0 saturated carbocycles. The number of hydrogen-bond donors (Lipinski definition) is 3. The van der Waals surface area contributed by atoms with Crippen molar-refractivity contribution in [2.45, 2.75) is 6.18 Å². The van der Waals surface area contributed by atoms with Crippen molar-refractivity contribution in [1.82, 2.24) is 4.98 Å². The van der Waals surface area contributed by atoms with Crippen molar-refractivity contribution in [3.63, 3.8) is 0 Å². The third-order valence-electron chi connectivity index (χ3n) is 2.93. The van der Waals surface area contributed by atoms with Crippen LogP contribution in [0, 0.1) is 16.7 Å². The molecule has 0 radical (unpaired) electrons. The van der Waals surface area contributed by atoms with Crippen LogP contribution in [0.1, 0.15) is 5.56 Å². The van der Waals surface area contributed by atoms with Crippen molar-refractivity contribution >= 4 is 40.4 Å². The van der Waals surface area contributed by atoms with Gasteiger partial charge in [0.05, 0.1) is 16.3 Å². The largest absolute Gasteiger partial charge is 0.436 e. The zero-order valence-corrected chi connectivity index (χ0v) is 14.6. The van der Waals surface area contributed by atoms with E-state index in [2.05, 4.69) is 15.5 Å². The summed E-state index contributed by atoms with van der Waals surface area (Å²) in [5.74, 6) is -0.694. The Morgan fingerprint density at radius 2 is 2.00 bits per heavy atom. The second kappa shape index (κ2) is 8.11. The Bertz CT molecular complexity index is 956. The highest BCUT2D eigenvalue weighted by Gasteiger charge is 2.31. The molecule has 0 spiro atoms. The number of rotatable bonds is 5. The highest BCUT2D eigenvalue weighted by atomic mass is 35.5. The van der Waals surface area contributed by atoms with Crippen molar-refractivity contribution in [1.29, 1.82) is 10.7 Å². The lowest BCUT2D eigenvalue weighted by Crippen LogP contribution is -2.21. The molecule has 7 nitrogen and oxygen atoms in total. The van der Waals surface area contributed by atoms with E-state index < -0.39 is 17.6 Å². The first-order valence-electron chi connectivity index (χ1n) is 6.90. The van der Waals surface area contributed by atoms with E-state index in [1.54, 1.807) is 6.07 Å². The van der Waals surface area contributed by atoms with Crippen LogP contribution >= 0.6 is 23.2 Å². The number of nitrogens with one attached hydrogen (secondary N) is 2. The van der Waals surface area contributed by atoms with Gasteiger partial charge in [0, 0.05) is 6.20 Å². The third-order valence-corrected chi connectivity index (χ3v) is 3.50. The molecular formula is C15H9Cl2F3N6O. The lowest BCUT2D eigenvalue weighted by atomic mass is 10.3. The number of anilines is 1. The predicted molar refractivity (Wildman–Crippen MR) is 94.4 cm³/mol. The highest BCUT2D eigenvalue weighted by Crippen LogP contribution is 2.37. The maximum atomic E-state index is 12.6. The summed E-state index contributed by atoms with van der Waals surface area (Å²) in [5, 5.41) is 19.3. The van der Waals surface area contributed by atoms with Gasteiger partial charge >= 0.3 is 6.18 Å². The number of nitrogens with two attached hydrogens (primary N) is 1. The molecule has 0 aliphatic heterocycles. The maximum Gasteiger partial charge on any atom is 0.417 e. The standard InChI is InChI=1S/C15H9Cl2F3N6O/c16-9-4-8(25-26-11(5-21)13(22)23)1-2-12(9)27-14-10(17)3-7(6-24-14)15(18,19)20/h1-4,6,25H,(H3,22,23)/b26-11+. The number of pyridine rings is 1. The number of aromatic nitrogens is 1. The van der Waals surface area contributed by atoms with Gasteiger partial charge in [-0.1, -0.05) is 23.2 Å². The molecule has 0 aliphatic rings. The second-order valence-electron chi connectivity index (χ2n) is 4.85. The molecule has 140 valence electrons. The first-order valence-corrected chi connectivity index (χ1v) is 7.65. The zero-order valence-electron chi connectivity index (χ0n) is 13.1. The highest BCUT2D eigenvalue weighted by molar-refractivity contribution is 6.45. The summed E-state index contributed by atoms with van der Waals surface area (Å²) < 4.78 is 43.2. The van der Waals surface area contributed by atoms with Gasteiger partial charge in [-0.05, 0) is 24.3 Å². The van der Waals surface area contributed by atoms with Crippen LogP contribution in [0.25, 0.3) is 0 Å². The van der Waals surface area contributed by atoms with Crippen LogP contribution in [0.5, 0.6) is 11.6 Å². The van der Waals surface area contributed by atoms with Crippen molar-refractivity contribution in [3.8, 4) is 17.7 Å². The first kappa shape index (κ1) is 20.3. The van der Waals surface area contributed by atoms with E-state index in [0.29, 0.717) is 18.0 Å². The van der Waals surface area contributed by atoms with Crippen LogP contribution in [0.3, 0.4) is 0 Å². The van der Waals surface area contributed by atoms with Gasteiger partial charge in [0.25, 0.3) is 0 Å². The number of benzene rings is 1. The molecule has 4 N–H and O–H groups in total. The van der Waals surface area contributed by atoms with E-state index >= 15 is 0 Å². The lowest BCUT2D eigenvalue weighted by molar-refractivity contribution is -0.137. The summed E-state index contributed by atoms with van der Waals surface area (Å²) in [4.78, 5) is 3.55. The number of nitriles is 1. The van der Waals surface area contributed by atoms with E-state index in [1.165, 1.54) is 18.2 Å². The fraction of sp³-hybridized carbons (Fsp3) is 0.0667. The van der Waals surface area contributed by atoms with Crippen LogP contribution < -0.4 is 15.9 Å². The Hall–Kier alpha value is -3.03. The van der Waals surface area contributed by atoms with E-state index in [1.807, 2.05) is 0 Å². The number of alkyl halides is 3. The van der Waals surface area contributed by atoms with Crippen molar-refractivity contribution < 1.29 is 17.9 Å². The molecule has 1 aromatic heterocycles.